The Morgan fingerprint density at radius 3 is 2.67 bits per heavy atom. The molecule has 0 saturated carbocycles. The molecule has 98 valence electrons. The minimum atomic E-state index is 0.824. The summed E-state index contributed by atoms with van der Waals surface area (Å²) in [5.41, 5.74) is 1.46. The summed E-state index contributed by atoms with van der Waals surface area (Å²) in [6.45, 7) is 6.32. The van der Waals surface area contributed by atoms with E-state index in [4.69, 9.17) is 0 Å². The second-order valence-electron chi connectivity index (χ2n) is 5.76. The summed E-state index contributed by atoms with van der Waals surface area (Å²) in [4.78, 5) is 5.39. The number of hydrogen-bond acceptors (Lipinski definition) is 2. The van der Waals surface area contributed by atoms with Crippen molar-refractivity contribution >= 4 is 0 Å². The molecule has 2 fully saturated rings. The van der Waals surface area contributed by atoms with Gasteiger partial charge in [0.1, 0.15) is 0 Å². The van der Waals surface area contributed by atoms with Crippen molar-refractivity contribution in [3.63, 3.8) is 0 Å². The van der Waals surface area contributed by atoms with E-state index in [1.54, 1.807) is 0 Å². The van der Waals surface area contributed by atoms with E-state index in [2.05, 4.69) is 40.1 Å². The van der Waals surface area contributed by atoms with Gasteiger partial charge in [-0.05, 0) is 44.5 Å². The Morgan fingerprint density at radius 1 is 0.944 bits per heavy atom. The second kappa shape index (κ2) is 5.85. The first kappa shape index (κ1) is 12.2. The van der Waals surface area contributed by atoms with Gasteiger partial charge in [0.05, 0.1) is 0 Å². The topological polar surface area (TPSA) is 6.48 Å². The highest BCUT2D eigenvalue weighted by Gasteiger charge is 2.26. The highest BCUT2D eigenvalue weighted by Crippen LogP contribution is 2.21. The molecule has 18 heavy (non-hydrogen) atoms. The predicted octanol–water partition coefficient (Wildman–Crippen LogP) is 2.75. The van der Waals surface area contributed by atoms with E-state index < -0.39 is 0 Å². The molecule has 0 amide bonds. The molecular weight excluding hydrogens is 220 g/mol. The zero-order chi connectivity index (χ0) is 12.2. The summed E-state index contributed by atoms with van der Waals surface area (Å²) in [6, 6.07) is 11.7. The van der Waals surface area contributed by atoms with Gasteiger partial charge in [-0.3, -0.25) is 9.80 Å². The van der Waals surface area contributed by atoms with Crippen LogP contribution in [0.4, 0.5) is 0 Å². The van der Waals surface area contributed by atoms with Crippen LogP contribution in [0.3, 0.4) is 0 Å². The molecule has 3 rings (SSSR count). The maximum absolute atomic E-state index is 2.73. The molecular formula is C16H24N2. The van der Waals surface area contributed by atoms with Crippen LogP contribution in [0.5, 0.6) is 0 Å². The fourth-order valence-electron chi connectivity index (χ4n) is 3.43. The largest absolute Gasteiger partial charge is 0.299 e. The van der Waals surface area contributed by atoms with Gasteiger partial charge in [-0.15, -0.1) is 0 Å². The smallest absolute Gasteiger partial charge is 0.0234 e. The van der Waals surface area contributed by atoms with Gasteiger partial charge < -0.3 is 0 Å². The molecule has 0 N–H and O–H groups in total. The lowest BCUT2D eigenvalue weighted by Crippen LogP contribution is -2.43. The van der Waals surface area contributed by atoms with Crippen molar-refractivity contribution in [3.8, 4) is 0 Å². The molecule has 2 aliphatic rings. The molecule has 0 aromatic heterocycles. The van der Waals surface area contributed by atoms with E-state index in [1.165, 1.54) is 57.4 Å². The fraction of sp³-hybridized carbons (Fsp3) is 0.625. The van der Waals surface area contributed by atoms with Crippen molar-refractivity contribution in [2.45, 2.75) is 38.3 Å². The molecule has 2 saturated heterocycles. The van der Waals surface area contributed by atoms with E-state index in [0.29, 0.717) is 0 Å². The van der Waals surface area contributed by atoms with E-state index >= 15 is 0 Å². The lowest BCUT2D eigenvalue weighted by atomic mass is 10.0. The van der Waals surface area contributed by atoms with E-state index in [9.17, 15) is 0 Å². The van der Waals surface area contributed by atoms with Crippen LogP contribution >= 0.6 is 0 Å². The van der Waals surface area contributed by atoms with Gasteiger partial charge in [-0.1, -0.05) is 36.8 Å². The Morgan fingerprint density at radius 2 is 1.78 bits per heavy atom. The van der Waals surface area contributed by atoms with E-state index in [1.807, 2.05) is 0 Å². The molecule has 0 aliphatic carbocycles. The normalized spacial score (nSPS) is 26.6. The van der Waals surface area contributed by atoms with Gasteiger partial charge in [0.25, 0.3) is 0 Å². The van der Waals surface area contributed by atoms with Crippen molar-refractivity contribution < 1.29 is 0 Å². The van der Waals surface area contributed by atoms with Crippen molar-refractivity contribution in [1.29, 1.82) is 0 Å². The standard InChI is InChI=1S/C16H24N2/c1-2-7-15(8-3-1)13-17-10-6-12-18-11-5-4-9-16(18)14-17/h1-3,7-8,16H,4-6,9-14H2. The Balaban J connectivity index is 1.63. The third-order valence-electron chi connectivity index (χ3n) is 4.39. The van der Waals surface area contributed by atoms with Crippen LogP contribution in [0.25, 0.3) is 0 Å². The van der Waals surface area contributed by atoms with E-state index in [-0.39, 0.29) is 0 Å². The van der Waals surface area contributed by atoms with Crippen molar-refractivity contribution in [2.24, 2.45) is 0 Å². The second-order valence-corrected chi connectivity index (χ2v) is 5.76. The summed E-state index contributed by atoms with van der Waals surface area (Å²) in [6.07, 6.45) is 5.59. The van der Waals surface area contributed by atoms with Gasteiger partial charge in [-0.25, -0.2) is 0 Å². The molecule has 2 nitrogen and oxygen atoms in total. The zero-order valence-corrected chi connectivity index (χ0v) is 11.2. The number of benzene rings is 1. The molecule has 0 bridgehead atoms. The number of nitrogens with zero attached hydrogens (tertiary/aromatic N) is 2. The monoisotopic (exact) mass is 244 g/mol. The quantitative estimate of drug-likeness (QED) is 0.789. The summed E-state index contributed by atoms with van der Waals surface area (Å²) < 4.78 is 0. The molecule has 1 aromatic carbocycles. The summed E-state index contributed by atoms with van der Waals surface area (Å²) in [5, 5.41) is 0. The summed E-state index contributed by atoms with van der Waals surface area (Å²) >= 11 is 0. The van der Waals surface area contributed by atoms with Gasteiger partial charge in [-0.2, -0.15) is 0 Å². The molecule has 2 heteroatoms. The Bertz CT molecular complexity index is 363. The molecule has 0 radical (unpaired) electrons. The average molecular weight is 244 g/mol. The molecule has 0 spiro atoms. The average Bonchev–Trinajstić information content (AvgIpc) is 2.61. The molecule has 1 aromatic rings. The Kier molecular flexibility index (Phi) is 3.96. The van der Waals surface area contributed by atoms with E-state index in [0.717, 1.165) is 12.6 Å². The fourth-order valence-corrected chi connectivity index (χ4v) is 3.43. The number of piperidine rings is 1. The first-order valence-corrected chi connectivity index (χ1v) is 7.42. The Labute approximate surface area is 111 Å². The third-order valence-corrected chi connectivity index (χ3v) is 4.39. The molecule has 1 atom stereocenters. The van der Waals surface area contributed by atoms with Crippen LogP contribution in [-0.2, 0) is 6.54 Å². The first-order chi connectivity index (χ1) is 8.92. The SMILES string of the molecule is c1ccc(CN2CCCN3CCCCC3C2)cc1. The third kappa shape index (κ3) is 2.93. The highest BCUT2D eigenvalue weighted by atomic mass is 15.2. The lowest BCUT2D eigenvalue weighted by molar-refractivity contribution is 0.135. The molecule has 1 unspecified atom stereocenters. The van der Waals surface area contributed by atoms with Gasteiger partial charge >= 0.3 is 0 Å². The van der Waals surface area contributed by atoms with Crippen LogP contribution < -0.4 is 0 Å². The summed E-state index contributed by atoms with van der Waals surface area (Å²) in [5.74, 6) is 0. The maximum atomic E-state index is 2.73. The molecule has 2 heterocycles. The van der Waals surface area contributed by atoms with Crippen LogP contribution in [0.15, 0.2) is 30.3 Å². The Hall–Kier alpha value is -0.860. The minimum Gasteiger partial charge on any atom is -0.299 e. The minimum absolute atomic E-state index is 0.824. The van der Waals surface area contributed by atoms with Crippen molar-refractivity contribution in [1.82, 2.24) is 9.80 Å². The lowest BCUT2D eigenvalue weighted by Gasteiger charge is -2.35. The van der Waals surface area contributed by atoms with Gasteiger partial charge in [0, 0.05) is 19.1 Å². The van der Waals surface area contributed by atoms with Gasteiger partial charge in [0.2, 0.25) is 0 Å². The predicted molar refractivity (Wildman–Crippen MR) is 75.5 cm³/mol. The van der Waals surface area contributed by atoms with Crippen LogP contribution in [0, 0.1) is 0 Å². The number of hydrogen-bond donors (Lipinski definition) is 0. The van der Waals surface area contributed by atoms with Gasteiger partial charge in [0.15, 0.2) is 0 Å². The maximum Gasteiger partial charge on any atom is 0.0234 e. The first-order valence-electron chi connectivity index (χ1n) is 7.42. The summed E-state index contributed by atoms with van der Waals surface area (Å²) in [7, 11) is 0. The zero-order valence-electron chi connectivity index (χ0n) is 11.2. The van der Waals surface area contributed by atoms with Crippen LogP contribution in [0.1, 0.15) is 31.2 Å². The molecule has 2 aliphatic heterocycles. The number of fused-ring (bicyclic) bond motifs is 1. The van der Waals surface area contributed by atoms with Crippen LogP contribution in [-0.4, -0.2) is 42.0 Å². The number of rotatable bonds is 2. The van der Waals surface area contributed by atoms with Crippen molar-refractivity contribution in [3.05, 3.63) is 35.9 Å². The highest BCUT2D eigenvalue weighted by molar-refractivity contribution is 5.14. The van der Waals surface area contributed by atoms with Crippen LogP contribution in [0.2, 0.25) is 0 Å². The van der Waals surface area contributed by atoms with Crippen molar-refractivity contribution in [2.75, 3.05) is 26.2 Å².